The number of carbonyl (C=O) groups is 1. The Morgan fingerprint density at radius 2 is 2.04 bits per heavy atom. The van der Waals surface area contributed by atoms with Crippen LogP contribution in [0.2, 0.25) is 0 Å². The van der Waals surface area contributed by atoms with Crippen LogP contribution in [-0.4, -0.2) is 27.5 Å². The van der Waals surface area contributed by atoms with Gasteiger partial charge in [0.05, 0.1) is 24.1 Å². The zero-order chi connectivity index (χ0) is 18.4. The van der Waals surface area contributed by atoms with Crippen molar-refractivity contribution in [2.75, 3.05) is 17.7 Å². The summed E-state index contributed by atoms with van der Waals surface area (Å²) in [6.07, 6.45) is 4.50. The van der Waals surface area contributed by atoms with Crippen molar-refractivity contribution in [3.05, 3.63) is 60.7 Å². The van der Waals surface area contributed by atoms with Crippen molar-refractivity contribution in [2.45, 2.75) is 6.92 Å². The minimum absolute atomic E-state index is 0.184. The fraction of sp³-hybridized carbons (Fsp3) is 0.111. The molecule has 0 aliphatic rings. The highest BCUT2D eigenvalue weighted by atomic mass is 16.5. The van der Waals surface area contributed by atoms with Crippen molar-refractivity contribution in [3.8, 4) is 11.6 Å². The Labute approximate surface area is 150 Å². The second-order valence-electron chi connectivity index (χ2n) is 5.12. The molecule has 0 spiro atoms. The predicted octanol–water partition coefficient (Wildman–Crippen LogP) is 3.17. The van der Waals surface area contributed by atoms with Gasteiger partial charge in [-0.15, -0.1) is 0 Å². The summed E-state index contributed by atoms with van der Waals surface area (Å²) in [6.45, 7) is 2.03. The van der Waals surface area contributed by atoms with E-state index in [1.165, 1.54) is 6.33 Å². The lowest BCUT2D eigenvalue weighted by atomic mass is 10.2. The molecule has 0 aliphatic heterocycles. The molecule has 0 amide bonds. The van der Waals surface area contributed by atoms with Crippen LogP contribution in [0.4, 0.5) is 17.2 Å². The van der Waals surface area contributed by atoms with E-state index in [1.807, 2.05) is 0 Å². The molecule has 8 nitrogen and oxygen atoms in total. The zero-order valence-electron chi connectivity index (χ0n) is 14.0. The molecule has 0 unspecified atom stereocenters. The number of para-hydroxylation sites is 1. The third kappa shape index (κ3) is 3.86. The largest absolute Gasteiger partial charge is 0.462 e. The number of anilines is 3. The maximum atomic E-state index is 12.1. The molecule has 0 bridgehead atoms. The van der Waals surface area contributed by atoms with Gasteiger partial charge in [-0.05, 0) is 31.2 Å². The number of esters is 1. The molecule has 0 fully saturated rings. The summed E-state index contributed by atoms with van der Waals surface area (Å²) in [6, 6.07) is 10.4. The van der Waals surface area contributed by atoms with Crippen LogP contribution in [-0.2, 0) is 4.74 Å². The fourth-order valence-electron chi connectivity index (χ4n) is 2.19. The van der Waals surface area contributed by atoms with Gasteiger partial charge in [-0.25, -0.2) is 9.78 Å². The van der Waals surface area contributed by atoms with Gasteiger partial charge in [0.2, 0.25) is 5.88 Å². The molecule has 0 radical (unpaired) electrons. The molecule has 3 aromatic rings. The minimum Gasteiger partial charge on any atom is -0.462 e. The van der Waals surface area contributed by atoms with E-state index in [0.717, 1.165) is 0 Å². The molecule has 132 valence electrons. The van der Waals surface area contributed by atoms with Crippen molar-refractivity contribution in [1.82, 2.24) is 15.0 Å². The summed E-state index contributed by atoms with van der Waals surface area (Å²) in [5.74, 6) is 0.561. The number of nitrogen functional groups attached to an aromatic ring is 1. The van der Waals surface area contributed by atoms with Gasteiger partial charge in [0.15, 0.2) is 5.82 Å². The van der Waals surface area contributed by atoms with Gasteiger partial charge in [0, 0.05) is 6.20 Å². The lowest BCUT2D eigenvalue weighted by Crippen LogP contribution is -2.09. The van der Waals surface area contributed by atoms with E-state index in [4.69, 9.17) is 15.2 Å². The maximum Gasteiger partial charge on any atom is 0.340 e. The number of nitrogens with one attached hydrogen (secondary N) is 1. The molecule has 2 aromatic heterocycles. The van der Waals surface area contributed by atoms with E-state index in [-0.39, 0.29) is 18.2 Å². The first-order valence-electron chi connectivity index (χ1n) is 7.90. The molecule has 0 saturated heterocycles. The minimum atomic E-state index is -0.435. The third-order valence-corrected chi connectivity index (χ3v) is 3.37. The van der Waals surface area contributed by atoms with Crippen molar-refractivity contribution in [1.29, 1.82) is 0 Å². The SMILES string of the molecule is CCOC(=O)c1ccccc1Nc1ncnc(Oc2cccnc2)c1N. The smallest absolute Gasteiger partial charge is 0.340 e. The molecule has 0 aliphatic carbocycles. The number of benzene rings is 1. The van der Waals surface area contributed by atoms with Crippen LogP contribution in [0.1, 0.15) is 17.3 Å². The Morgan fingerprint density at radius 3 is 2.81 bits per heavy atom. The number of carbonyl (C=O) groups excluding carboxylic acids is 1. The molecule has 0 saturated carbocycles. The average molecular weight is 351 g/mol. The van der Waals surface area contributed by atoms with E-state index in [1.54, 1.807) is 55.7 Å². The van der Waals surface area contributed by atoms with E-state index < -0.39 is 5.97 Å². The van der Waals surface area contributed by atoms with Crippen LogP contribution in [0.3, 0.4) is 0 Å². The molecule has 26 heavy (non-hydrogen) atoms. The molecule has 3 rings (SSSR count). The topological polar surface area (TPSA) is 112 Å². The van der Waals surface area contributed by atoms with Crippen LogP contribution >= 0.6 is 0 Å². The molecular weight excluding hydrogens is 334 g/mol. The second kappa shape index (κ2) is 7.93. The zero-order valence-corrected chi connectivity index (χ0v) is 14.0. The quantitative estimate of drug-likeness (QED) is 0.651. The Morgan fingerprint density at radius 1 is 1.19 bits per heavy atom. The first kappa shape index (κ1) is 17.2. The van der Waals surface area contributed by atoms with Gasteiger partial charge in [-0.1, -0.05) is 12.1 Å². The number of pyridine rings is 1. The summed E-state index contributed by atoms with van der Waals surface area (Å²) >= 11 is 0. The van der Waals surface area contributed by atoms with E-state index in [2.05, 4.69) is 20.3 Å². The molecule has 2 heterocycles. The summed E-state index contributed by atoms with van der Waals surface area (Å²) in [5.41, 5.74) is 7.21. The Kier molecular flexibility index (Phi) is 5.23. The van der Waals surface area contributed by atoms with Gasteiger partial charge < -0.3 is 20.5 Å². The van der Waals surface area contributed by atoms with E-state index in [9.17, 15) is 4.79 Å². The van der Waals surface area contributed by atoms with E-state index in [0.29, 0.717) is 22.8 Å². The van der Waals surface area contributed by atoms with Crippen LogP contribution in [0.5, 0.6) is 11.6 Å². The lowest BCUT2D eigenvalue weighted by molar-refractivity contribution is 0.0527. The van der Waals surface area contributed by atoms with Crippen LogP contribution in [0.25, 0.3) is 0 Å². The standard InChI is InChI=1S/C18H17N5O3/c1-2-25-18(24)13-7-3-4-8-14(13)23-16-15(19)17(22-11-21-16)26-12-6-5-9-20-10-12/h3-11H,2,19H2,1H3,(H,21,22,23). The number of hydrogen-bond donors (Lipinski definition) is 2. The average Bonchev–Trinajstić information content (AvgIpc) is 2.66. The number of ether oxygens (including phenoxy) is 2. The number of nitrogens with zero attached hydrogens (tertiary/aromatic N) is 3. The molecule has 0 atom stereocenters. The highest BCUT2D eigenvalue weighted by Crippen LogP contribution is 2.31. The van der Waals surface area contributed by atoms with Crippen molar-refractivity contribution in [3.63, 3.8) is 0 Å². The first-order valence-corrected chi connectivity index (χ1v) is 7.90. The van der Waals surface area contributed by atoms with Crippen molar-refractivity contribution >= 4 is 23.2 Å². The third-order valence-electron chi connectivity index (χ3n) is 3.37. The fourth-order valence-corrected chi connectivity index (χ4v) is 2.19. The van der Waals surface area contributed by atoms with Crippen molar-refractivity contribution < 1.29 is 14.3 Å². The second-order valence-corrected chi connectivity index (χ2v) is 5.12. The Hall–Kier alpha value is -3.68. The van der Waals surface area contributed by atoms with Crippen LogP contribution in [0, 0.1) is 0 Å². The number of hydrogen-bond acceptors (Lipinski definition) is 8. The number of rotatable bonds is 6. The van der Waals surface area contributed by atoms with Crippen LogP contribution in [0.15, 0.2) is 55.1 Å². The summed E-state index contributed by atoms with van der Waals surface area (Å²) < 4.78 is 10.7. The van der Waals surface area contributed by atoms with Gasteiger partial charge in [-0.3, -0.25) is 4.98 Å². The Balaban J connectivity index is 1.88. The highest BCUT2D eigenvalue weighted by Gasteiger charge is 2.15. The van der Waals surface area contributed by atoms with Gasteiger partial charge >= 0.3 is 5.97 Å². The normalized spacial score (nSPS) is 10.2. The molecule has 8 heteroatoms. The maximum absolute atomic E-state index is 12.1. The predicted molar refractivity (Wildman–Crippen MR) is 96.4 cm³/mol. The molecule has 3 N–H and O–H groups in total. The van der Waals surface area contributed by atoms with Crippen LogP contribution < -0.4 is 15.8 Å². The first-order chi connectivity index (χ1) is 12.7. The lowest BCUT2D eigenvalue weighted by Gasteiger charge is -2.13. The van der Waals surface area contributed by atoms with Gasteiger partial charge in [0.25, 0.3) is 0 Å². The molecule has 1 aromatic carbocycles. The summed E-state index contributed by atoms with van der Waals surface area (Å²) in [7, 11) is 0. The number of nitrogens with two attached hydrogens (primary N) is 1. The van der Waals surface area contributed by atoms with Gasteiger partial charge in [0.1, 0.15) is 17.8 Å². The molecular formula is C18H17N5O3. The van der Waals surface area contributed by atoms with Gasteiger partial charge in [-0.2, -0.15) is 4.98 Å². The Bertz CT molecular complexity index is 902. The summed E-state index contributed by atoms with van der Waals surface area (Å²) in [4.78, 5) is 24.2. The highest BCUT2D eigenvalue weighted by molar-refractivity contribution is 5.96. The van der Waals surface area contributed by atoms with Crippen molar-refractivity contribution in [2.24, 2.45) is 0 Å². The van der Waals surface area contributed by atoms with E-state index >= 15 is 0 Å². The number of aromatic nitrogens is 3. The summed E-state index contributed by atoms with van der Waals surface area (Å²) in [5, 5.41) is 3.03. The monoisotopic (exact) mass is 351 g/mol.